The molecule has 2 aromatic carbocycles. The van der Waals surface area contributed by atoms with E-state index in [-0.39, 0.29) is 24.3 Å². The van der Waals surface area contributed by atoms with Gasteiger partial charge in [-0.1, -0.05) is 61.3 Å². The van der Waals surface area contributed by atoms with Gasteiger partial charge in [0.2, 0.25) is 5.91 Å². The average molecular weight is 500 g/mol. The Kier molecular flexibility index (Phi) is 9.20. The highest BCUT2D eigenvalue weighted by Crippen LogP contribution is 2.19. The van der Waals surface area contributed by atoms with Gasteiger partial charge in [0.1, 0.15) is 6.54 Å². The Balaban J connectivity index is 1.76. The molecule has 0 aliphatic rings. The molecule has 0 aliphatic carbocycles. The molecule has 3 rings (SSSR count). The summed E-state index contributed by atoms with van der Waals surface area (Å²) in [5.74, 6) is -0.00370. The number of hydrogen-bond donors (Lipinski definition) is 0. The Morgan fingerprint density at radius 2 is 1.74 bits per heavy atom. The standard InChI is InChI=1S/C27H31Cl2N3O2/c1-4-30(27(34)21-10-7-11-23(28)15-21)19-26(33)32(16-20(2)3)18-24-12-8-14-31(24)17-22-9-5-6-13-25(22)29/h5-15,20H,4,16-19H2,1-3H3. The zero-order chi connectivity index (χ0) is 24.7. The molecule has 0 atom stereocenters. The molecule has 0 N–H and O–H groups in total. The van der Waals surface area contributed by atoms with Gasteiger partial charge < -0.3 is 14.4 Å². The van der Waals surface area contributed by atoms with E-state index in [4.69, 9.17) is 23.2 Å². The molecule has 3 aromatic rings. The molecule has 1 heterocycles. The number of nitrogens with zero attached hydrogens (tertiary/aromatic N) is 3. The van der Waals surface area contributed by atoms with Crippen LogP contribution in [0.3, 0.4) is 0 Å². The van der Waals surface area contributed by atoms with E-state index in [1.54, 1.807) is 29.2 Å². The van der Waals surface area contributed by atoms with Gasteiger partial charge in [-0.2, -0.15) is 0 Å². The van der Waals surface area contributed by atoms with Crippen LogP contribution in [-0.2, 0) is 17.9 Å². The summed E-state index contributed by atoms with van der Waals surface area (Å²) in [6.45, 7) is 8.15. The summed E-state index contributed by atoms with van der Waals surface area (Å²) in [6.07, 6.45) is 2.00. The Bertz CT molecular complexity index is 1130. The van der Waals surface area contributed by atoms with Gasteiger partial charge in [0.05, 0.1) is 6.54 Å². The summed E-state index contributed by atoms with van der Waals surface area (Å²) in [5, 5.41) is 1.21. The first kappa shape index (κ1) is 25.9. The molecule has 34 heavy (non-hydrogen) atoms. The maximum absolute atomic E-state index is 13.4. The van der Waals surface area contributed by atoms with Crippen molar-refractivity contribution in [2.75, 3.05) is 19.6 Å². The van der Waals surface area contributed by atoms with Gasteiger partial charge in [0.15, 0.2) is 0 Å². The molecule has 0 saturated carbocycles. The molecular formula is C27H31Cl2N3O2. The number of rotatable bonds is 10. The molecule has 1 aromatic heterocycles. The summed E-state index contributed by atoms with van der Waals surface area (Å²) in [4.78, 5) is 29.8. The number of halogens is 2. The molecule has 0 radical (unpaired) electrons. The van der Waals surface area contributed by atoms with Crippen LogP contribution in [0.25, 0.3) is 0 Å². The van der Waals surface area contributed by atoms with E-state index in [1.165, 1.54) is 0 Å². The van der Waals surface area contributed by atoms with Gasteiger partial charge in [-0.15, -0.1) is 0 Å². The number of hydrogen-bond acceptors (Lipinski definition) is 2. The van der Waals surface area contributed by atoms with E-state index in [2.05, 4.69) is 18.4 Å². The second-order valence-corrected chi connectivity index (χ2v) is 9.56. The molecule has 7 heteroatoms. The van der Waals surface area contributed by atoms with Crippen LogP contribution >= 0.6 is 23.2 Å². The van der Waals surface area contributed by atoms with Crippen molar-refractivity contribution in [1.82, 2.24) is 14.4 Å². The minimum Gasteiger partial charge on any atom is -0.345 e. The summed E-state index contributed by atoms with van der Waals surface area (Å²) in [5.41, 5.74) is 2.51. The number of benzene rings is 2. The first-order valence-corrected chi connectivity index (χ1v) is 12.2. The van der Waals surface area contributed by atoms with E-state index < -0.39 is 0 Å². The first-order chi connectivity index (χ1) is 16.3. The lowest BCUT2D eigenvalue weighted by atomic mass is 10.1. The third-order valence-electron chi connectivity index (χ3n) is 5.58. The van der Waals surface area contributed by atoms with Crippen molar-refractivity contribution in [1.29, 1.82) is 0 Å². The van der Waals surface area contributed by atoms with E-state index in [1.807, 2.05) is 54.4 Å². The lowest BCUT2D eigenvalue weighted by Gasteiger charge is -2.29. The average Bonchev–Trinajstić information content (AvgIpc) is 3.24. The van der Waals surface area contributed by atoms with Crippen LogP contribution in [0.4, 0.5) is 0 Å². The van der Waals surface area contributed by atoms with Gasteiger partial charge in [0.25, 0.3) is 5.91 Å². The summed E-state index contributed by atoms with van der Waals surface area (Å²) in [6, 6.07) is 18.6. The second kappa shape index (κ2) is 12.1. The molecule has 0 aliphatic heterocycles. The number of amides is 2. The van der Waals surface area contributed by atoms with Gasteiger partial charge >= 0.3 is 0 Å². The highest BCUT2D eigenvalue weighted by molar-refractivity contribution is 6.31. The number of likely N-dealkylation sites (N-methyl/N-ethyl adjacent to an activating group) is 1. The van der Waals surface area contributed by atoms with Gasteiger partial charge in [-0.25, -0.2) is 0 Å². The van der Waals surface area contributed by atoms with Crippen LogP contribution < -0.4 is 0 Å². The van der Waals surface area contributed by atoms with E-state index in [0.29, 0.717) is 36.8 Å². The van der Waals surface area contributed by atoms with Crippen molar-refractivity contribution < 1.29 is 9.59 Å². The summed E-state index contributed by atoms with van der Waals surface area (Å²) in [7, 11) is 0. The molecule has 2 amide bonds. The largest absolute Gasteiger partial charge is 0.345 e. The van der Waals surface area contributed by atoms with E-state index in [9.17, 15) is 9.59 Å². The predicted octanol–water partition coefficient (Wildman–Crippen LogP) is 5.99. The SMILES string of the molecule is CCN(CC(=O)N(Cc1cccn1Cc1ccccc1Cl)CC(C)C)C(=O)c1cccc(Cl)c1. The summed E-state index contributed by atoms with van der Waals surface area (Å²) < 4.78 is 2.11. The molecule has 0 fully saturated rings. The Morgan fingerprint density at radius 3 is 2.41 bits per heavy atom. The Morgan fingerprint density at radius 1 is 0.971 bits per heavy atom. The van der Waals surface area contributed by atoms with Crippen LogP contribution in [-0.4, -0.2) is 45.8 Å². The van der Waals surface area contributed by atoms with Gasteiger partial charge in [-0.3, -0.25) is 9.59 Å². The fourth-order valence-corrected chi connectivity index (χ4v) is 4.23. The highest BCUT2D eigenvalue weighted by Gasteiger charge is 2.23. The van der Waals surface area contributed by atoms with Crippen LogP contribution in [0, 0.1) is 5.92 Å². The van der Waals surface area contributed by atoms with Crippen molar-refractivity contribution in [3.8, 4) is 0 Å². The third kappa shape index (κ3) is 6.87. The van der Waals surface area contributed by atoms with E-state index in [0.717, 1.165) is 16.3 Å². The smallest absolute Gasteiger partial charge is 0.254 e. The maximum Gasteiger partial charge on any atom is 0.254 e. The van der Waals surface area contributed by atoms with Crippen LogP contribution in [0.15, 0.2) is 66.9 Å². The van der Waals surface area contributed by atoms with Gasteiger partial charge in [-0.05, 0) is 54.8 Å². The summed E-state index contributed by atoms with van der Waals surface area (Å²) >= 11 is 12.4. The van der Waals surface area contributed by atoms with Crippen molar-refractivity contribution in [2.24, 2.45) is 5.92 Å². The zero-order valence-corrected chi connectivity index (χ0v) is 21.4. The molecule has 180 valence electrons. The fraction of sp³-hybridized carbons (Fsp3) is 0.333. The quantitative estimate of drug-likeness (QED) is 0.343. The van der Waals surface area contributed by atoms with Crippen molar-refractivity contribution in [2.45, 2.75) is 33.9 Å². The normalized spacial score (nSPS) is 11.0. The molecule has 0 spiro atoms. The lowest BCUT2D eigenvalue weighted by molar-refractivity contribution is -0.133. The van der Waals surface area contributed by atoms with E-state index >= 15 is 0 Å². The third-order valence-corrected chi connectivity index (χ3v) is 6.18. The van der Waals surface area contributed by atoms with Crippen molar-refractivity contribution in [3.05, 3.63) is 93.7 Å². The predicted molar refractivity (Wildman–Crippen MR) is 138 cm³/mol. The Hall–Kier alpha value is -2.76. The Labute approximate surface area is 211 Å². The number of carbonyl (C=O) groups is 2. The minimum atomic E-state index is -0.204. The van der Waals surface area contributed by atoms with Gasteiger partial charge in [0, 0.05) is 47.1 Å². The minimum absolute atomic E-state index is 0.0137. The first-order valence-electron chi connectivity index (χ1n) is 11.5. The molecule has 0 bridgehead atoms. The van der Waals surface area contributed by atoms with Crippen molar-refractivity contribution in [3.63, 3.8) is 0 Å². The van der Waals surface area contributed by atoms with Crippen molar-refractivity contribution >= 4 is 35.0 Å². The molecule has 0 unspecified atom stereocenters. The van der Waals surface area contributed by atoms with Crippen LogP contribution in [0.1, 0.15) is 42.4 Å². The molecule has 0 saturated heterocycles. The topological polar surface area (TPSA) is 45.6 Å². The second-order valence-electron chi connectivity index (χ2n) is 8.72. The zero-order valence-electron chi connectivity index (χ0n) is 19.9. The fourth-order valence-electron chi connectivity index (χ4n) is 3.84. The number of carbonyl (C=O) groups excluding carboxylic acids is 2. The van der Waals surface area contributed by atoms with Crippen LogP contribution in [0.5, 0.6) is 0 Å². The highest BCUT2D eigenvalue weighted by atomic mass is 35.5. The monoisotopic (exact) mass is 499 g/mol. The number of aromatic nitrogens is 1. The molecular weight excluding hydrogens is 469 g/mol. The lowest BCUT2D eigenvalue weighted by Crippen LogP contribution is -2.44. The van der Waals surface area contributed by atoms with Crippen LogP contribution in [0.2, 0.25) is 10.0 Å². The molecule has 5 nitrogen and oxygen atoms in total. The maximum atomic E-state index is 13.4.